The third-order valence-electron chi connectivity index (χ3n) is 5.08. The van der Waals surface area contributed by atoms with E-state index in [1.165, 1.54) is 11.3 Å². The molecule has 0 radical (unpaired) electrons. The van der Waals surface area contributed by atoms with Crippen molar-refractivity contribution in [3.63, 3.8) is 0 Å². The second-order valence-electron chi connectivity index (χ2n) is 6.44. The number of nitrogen functional groups attached to an aromatic ring is 1. The van der Waals surface area contributed by atoms with Gasteiger partial charge in [0, 0.05) is 24.3 Å². The van der Waals surface area contributed by atoms with E-state index < -0.39 is 0 Å². The standard InChI is InChI=1S/C16H25N5/c1-9-8-13(6-7-20(9)5)21-11(3)10(2)14-15(17)18-12(4)19-16(14)21/h9,13H,6-8H2,1-5H3,(H2,17,18,19). The number of rotatable bonds is 1. The maximum Gasteiger partial charge on any atom is 0.146 e. The quantitative estimate of drug-likeness (QED) is 0.876. The van der Waals surface area contributed by atoms with Gasteiger partial charge in [0.15, 0.2) is 0 Å². The predicted molar refractivity (Wildman–Crippen MR) is 86.5 cm³/mol. The first-order valence-corrected chi connectivity index (χ1v) is 7.71. The number of hydrogen-bond donors (Lipinski definition) is 1. The summed E-state index contributed by atoms with van der Waals surface area (Å²) in [4.78, 5) is 11.5. The highest BCUT2D eigenvalue weighted by Gasteiger charge is 2.28. The van der Waals surface area contributed by atoms with E-state index >= 15 is 0 Å². The number of piperidine rings is 1. The fourth-order valence-corrected chi connectivity index (χ4v) is 3.58. The molecule has 3 rings (SSSR count). The second kappa shape index (κ2) is 4.98. The zero-order valence-corrected chi connectivity index (χ0v) is 13.6. The van der Waals surface area contributed by atoms with Crippen LogP contribution in [0.1, 0.15) is 42.9 Å². The van der Waals surface area contributed by atoms with E-state index in [0.717, 1.165) is 36.2 Å². The Hall–Kier alpha value is -1.62. The molecule has 0 amide bonds. The van der Waals surface area contributed by atoms with E-state index in [1.807, 2.05) is 6.92 Å². The van der Waals surface area contributed by atoms with Crippen LogP contribution in [0, 0.1) is 20.8 Å². The summed E-state index contributed by atoms with van der Waals surface area (Å²) < 4.78 is 2.40. The second-order valence-corrected chi connectivity index (χ2v) is 6.44. The molecule has 2 N–H and O–H groups in total. The summed E-state index contributed by atoms with van der Waals surface area (Å²) in [7, 11) is 2.21. The Balaban J connectivity index is 2.16. The van der Waals surface area contributed by atoms with Crippen LogP contribution in [-0.4, -0.2) is 39.1 Å². The van der Waals surface area contributed by atoms with Gasteiger partial charge in [0.25, 0.3) is 0 Å². The molecule has 0 aliphatic carbocycles. The van der Waals surface area contributed by atoms with E-state index in [4.69, 9.17) is 10.7 Å². The van der Waals surface area contributed by atoms with Gasteiger partial charge in [-0.1, -0.05) is 0 Å². The van der Waals surface area contributed by atoms with Gasteiger partial charge in [-0.3, -0.25) is 0 Å². The Bertz CT molecular complexity index is 688. The summed E-state index contributed by atoms with van der Waals surface area (Å²) in [5.74, 6) is 1.36. The van der Waals surface area contributed by atoms with Crippen LogP contribution in [0.25, 0.3) is 11.0 Å². The molecule has 2 aromatic rings. The first-order chi connectivity index (χ1) is 9.90. The van der Waals surface area contributed by atoms with Crippen molar-refractivity contribution in [1.82, 2.24) is 19.4 Å². The zero-order chi connectivity index (χ0) is 15.3. The Morgan fingerprint density at radius 3 is 2.57 bits per heavy atom. The largest absolute Gasteiger partial charge is 0.383 e. The van der Waals surface area contributed by atoms with Gasteiger partial charge in [0.05, 0.1) is 5.39 Å². The van der Waals surface area contributed by atoms with Gasteiger partial charge in [-0.15, -0.1) is 0 Å². The predicted octanol–water partition coefficient (Wildman–Crippen LogP) is 2.59. The van der Waals surface area contributed by atoms with Gasteiger partial charge in [-0.25, -0.2) is 9.97 Å². The number of aromatic nitrogens is 3. The highest BCUT2D eigenvalue weighted by Crippen LogP contribution is 2.35. The number of nitrogens with zero attached hydrogens (tertiary/aromatic N) is 4. The number of fused-ring (bicyclic) bond motifs is 1. The van der Waals surface area contributed by atoms with Crippen molar-refractivity contribution in [2.24, 2.45) is 0 Å². The number of hydrogen-bond acceptors (Lipinski definition) is 4. The smallest absolute Gasteiger partial charge is 0.146 e. The number of anilines is 1. The van der Waals surface area contributed by atoms with Crippen LogP contribution in [0.2, 0.25) is 0 Å². The Labute approximate surface area is 126 Å². The summed E-state index contributed by atoms with van der Waals surface area (Å²) in [6.07, 6.45) is 2.32. The Morgan fingerprint density at radius 1 is 1.19 bits per heavy atom. The van der Waals surface area contributed by atoms with E-state index in [1.54, 1.807) is 0 Å². The van der Waals surface area contributed by atoms with Crippen LogP contribution in [0.4, 0.5) is 5.82 Å². The van der Waals surface area contributed by atoms with Gasteiger partial charge in [-0.2, -0.15) is 0 Å². The van der Waals surface area contributed by atoms with Gasteiger partial charge < -0.3 is 15.2 Å². The van der Waals surface area contributed by atoms with Crippen molar-refractivity contribution in [2.75, 3.05) is 19.3 Å². The molecule has 1 aliphatic rings. The zero-order valence-electron chi connectivity index (χ0n) is 13.6. The highest BCUT2D eigenvalue weighted by atomic mass is 15.2. The lowest BCUT2D eigenvalue weighted by molar-refractivity contribution is 0.157. The van der Waals surface area contributed by atoms with Crippen LogP contribution >= 0.6 is 0 Å². The first-order valence-electron chi connectivity index (χ1n) is 7.71. The van der Waals surface area contributed by atoms with E-state index in [2.05, 4.69) is 42.3 Å². The summed E-state index contributed by atoms with van der Waals surface area (Å²) in [5.41, 5.74) is 9.65. The van der Waals surface area contributed by atoms with Crippen LogP contribution in [0.3, 0.4) is 0 Å². The normalized spacial score (nSPS) is 23.9. The molecule has 114 valence electrons. The van der Waals surface area contributed by atoms with Crippen LogP contribution in [0.15, 0.2) is 0 Å². The number of aryl methyl sites for hydroxylation is 2. The molecule has 1 fully saturated rings. The molecule has 0 bridgehead atoms. The van der Waals surface area contributed by atoms with Crippen LogP contribution < -0.4 is 5.73 Å². The molecule has 5 heteroatoms. The van der Waals surface area contributed by atoms with Gasteiger partial charge in [-0.05, 0) is 53.1 Å². The molecule has 2 unspecified atom stereocenters. The molecule has 3 heterocycles. The lowest BCUT2D eigenvalue weighted by Crippen LogP contribution is -2.38. The molecule has 1 aliphatic heterocycles. The molecule has 5 nitrogen and oxygen atoms in total. The van der Waals surface area contributed by atoms with Crippen molar-refractivity contribution in [2.45, 2.75) is 52.6 Å². The molecule has 0 saturated carbocycles. The minimum atomic E-state index is 0.501. The maximum atomic E-state index is 6.15. The van der Waals surface area contributed by atoms with Gasteiger partial charge >= 0.3 is 0 Å². The third-order valence-corrected chi connectivity index (χ3v) is 5.08. The summed E-state index contributed by atoms with van der Waals surface area (Å²) in [6, 6.07) is 1.10. The highest BCUT2D eigenvalue weighted by molar-refractivity contribution is 5.91. The lowest BCUT2D eigenvalue weighted by atomic mass is 9.98. The van der Waals surface area contributed by atoms with Crippen molar-refractivity contribution in [1.29, 1.82) is 0 Å². The van der Waals surface area contributed by atoms with E-state index in [0.29, 0.717) is 17.9 Å². The van der Waals surface area contributed by atoms with Crippen LogP contribution in [-0.2, 0) is 0 Å². The summed E-state index contributed by atoms with van der Waals surface area (Å²) in [5, 5.41) is 1.03. The molecule has 2 atom stereocenters. The molecular formula is C16H25N5. The summed E-state index contributed by atoms with van der Waals surface area (Å²) in [6.45, 7) is 9.64. The maximum absolute atomic E-state index is 6.15. The fraction of sp³-hybridized carbons (Fsp3) is 0.625. The molecular weight excluding hydrogens is 262 g/mol. The molecule has 1 saturated heterocycles. The topological polar surface area (TPSA) is 60.0 Å². The average molecular weight is 287 g/mol. The Kier molecular flexibility index (Phi) is 3.40. The van der Waals surface area contributed by atoms with Crippen molar-refractivity contribution in [3.8, 4) is 0 Å². The van der Waals surface area contributed by atoms with E-state index in [9.17, 15) is 0 Å². The van der Waals surface area contributed by atoms with Gasteiger partial charge in [0.2, 0.25) is 0 Å². The summed E-state index contributed by atoms with van der Waals surface area (Å²) >= 11 is 0. The minimum absolute atomic E-state index is 0.501. The first kappa shape index (κ1) is 14.3. The van der Waals surface area contributed by atoms with Gasteiger partial charge in [0.1, 0.15) is 17.3 Å². The lowest BCUT2D eigenvalue weighted by Gasteiger charge is -2.36. The SMILES string of the molecule is Cc1nc(N)c2c(C)c(C)n(C3CCN(C)C(C)C3)c2n1. The average Bonchev–Trinajstić information content (AvgIpc) is 2.65. The third kappa shape index (κ3) is 2.20. The van der Waals surface area contributed by atoms with Crippen molar-refractivity contribution < 1.29 is 0 Å². The Morgan fingerprint density at radius 2 is 1.90 bits per heavy atom. The molecule has 0 spiro atoms. The fourth-order valence-electron chi connectivity index (χ4n) is 3.58. The number of nitrogens with two attached hydrogens (primary N) is 1. The monoisotopic (exact) mass is 287 g/mol. The van der Waals surface area contributed by atoms with Crippen LogP contribution in [0.5, 0.6) is 0 Å². The van der Waals surface area contributed by atoms with E-state index in [-0.39, 0.29) is 0 Å². The van der Waals surface area contributed by atoms with Crippen molar-refractivity contribution in [3.05, 3.63) is 17.1 Å². The molecule has 21 heavy (non-hydrogen) atoms. The number of likely N-dealkylation sites (tertiary alicyclic amines) is 1. The van der Waals surface area contributed by atoms with Crippen molar-refractivity contribution >= 4 is 16.9 Å². The molecule has 2 aromatic heterocycles. The molecule has 0 aromatic carbocycles. The minimum Gasteiger partial charge on any atom is -0.383 e.